The van der Waals surface area contributed by atoms with Gasteiger partial charge in [-0.25, -0.2) is 10.8 Å². The summed E-state index contributed by atoms with van der Waals surface area (Å²) in [5, 5.41) is 3.24. The van der Waals surface area contributed by atoms with Crippen LogP contribution in [0.25, 0.3) is 0 Å². The number of hydrogen-bond acceptors (Lipinski definition) is 2. The standard InChI is InChI=1S/C14H22N4/c1-2-11-6-5-9-13(10-11)17-14(18-15)16-12-7-3-4-8-12/h5-6,9-10,12H,2-4,7-8,15H2,1H3,(H2,16,17,18). The second kappa shape index (κ2) is 6.40. The smallest absolute Gasteiger partial charge is 0.210 e. The van der Waals surface area contributed by atoms with Crippen molar-refractivity contribution < 1.29 is 0 Å². The summed E-state index contributed by atoms with van der Waals surface area (Å²) < 4.78 is 0. The predicted octanol–water partition coefficient (Wildman–Crippen LogP) is 2.42. The molecule has 0 unspecified atom stereocenters. The number of aryl methyl sites for hydroxylation is 1. The van der Waals surface area contributed by atoms with Gasteiger partial charge in [0.15, 0.2) is 0 Å². The number of aliphatic imine (C=N–C) groups is 1. The van der Waals surface area contributed by atoms with E-state index in [-0.39, 0.29) is 0 Å². The van der Waals surface area contributed by atoms with Crippen LogP contribution in [0.3, 0.4) is 0 Å². The van der Waals surface area contributed by atoms with E-state index >= 15 is 0 Å². The van der Waals surface area contributed by atoms with Gasteiger partial charge in [-0.3, -0.25) is 5.43 Å². The van der Waals surface area contributed by atoms with E-state index in [1.54, 1.807) is 0 Å². The molecule has 0 amide bonds. The Kier molecular flexibility index (Phi) is 4.59. The molecule has 1 fully saturated rings. The summed E-state index contributed by atoms with van der Waals surface area (Å²) in [6.07, 6.45) is 5.92. The van der Waals surface area contributed by atoms with Crippen molar-refractivity contribution in [3.8, 4) is 0 Å². The van der Waals surface area contributed by atoms with Crippen LogP contribution in [0.4, 0.5) is 5.69 Å². The van der Waals surface area contributed by atoms with Crippen LogP contribution in [0.1, 0.15) is 38.2 Å². The van der Waals surface area contributed by atoms with E-state index in [2.05, 4.69) is 34.8 Å². The van der Waals surface area contributed by atoms with Gasteiger partial charge >= 0.3 is 0 Å². The van der Waals surface area contributed by atoms with Crippen LogP contribution in [0, 0.1) is 0 Å². The Balaban J connectivity index is 2.04. The van der Waals surface area contributed by atoms with E-state index < -0.39 is 0 Å². The van der Waals surface area contributed by atoms with Crippen LogP contribution in [0.15, 0.2) is 29.3 Å². The second-order valence-electron chi connectivity index (χ2n) is 4.74. The maximum Gasteiger partial charge on any atom is 0.210 e. The van der Waals surface area contributed by atoms with Gasteiger partial charge in [0.25, 0.3) is 0 Å². The number of benzene rings is 1. The quantitative estimate of drug-likeness (QED) is 0.332. The van der Waals surface area contributed by atoms with Gasteiger partial charge in [-0.05, 0) is 37.0 Å². The Morgan fingerprint density at radius 2 is 2.17 bits per heavy atom. The van der Waals surface area contributed by atoms with Gasteiger partial charge in [0.1, 0.15) is 0 Å². The average Bonchev–Trinajstić information content (AvgIpc) is 2.91. The van der Waals surface area contributed by atoms with E-state index in [0.717, 1.165) is 12.1 Å². The molecule has 18 heavy (non-hydrogen) atoms. The van der Waals surface area contributed by atoms with E-state index in [0.29, 0.717) is 12.0 Å². The number of nitrogens with zero attached hydrogens (tertiary/aromatic N) is 1. The molecule has 0 aliphatic heterocycles. The number of anilines is 1. The largest absolute Gasteiger partial charge is 0.325 e. The molecule has 4 nitrogen and oxygen atoms in total. The van der Waals surface area contributed by atoms with Gasteiger partial charge in [-0.2, -0.15) is 0 Å². The highest BCUT2D eigenvalue weighted by Gasteiger charge is 2.14. The molecule has 0 aromatic heterocycles. The van der Waals surface area contributed by atoms with E-state index in [4.69, 9.17) is 5.84 Å². The molecule has 1 aliphatic rings. The zero-order chi connectivity index (χ0) is 12.8. The maximum absolute atomic E-state index is 5.53. The van der Waals surface area contributed by atoms with Gasteiger partial charge < -0.3 is 5.32 Å². The van der Waals surface area contributed by atoms with Crippen LogP contribution >= 0.6 is 0 Å². The molecular weight excluding hydrogens is 224 g/mol. The van der Waals surface area contributed by atoms with Crippen molar-refractivity contribution in [1.29, 1.82) is 0 Å². The molecule has 0 heterocycles. The number of rotatable bonds is 3. The fraction of sp³-hybridized carbons (Fsp3) is 0.500. The van der Waals surface area contributed by atoms with Crippen molar-refractivity contribution in [2.75, 3.05) is 5.32 Å². The van der Waals surface area contributed by atoms with Gasteiger partial charge in [0, 0.05) is 5.69 Å². The van der Waals surface area contributed by atoms with Crippen molar-refractivity contribution in [1.82, 2.24) is 5.43 Å². The second-order valence-corrected chi connectivity index (χ2v) is 4.74. The molecule has 98 valence electrons. The number of nitrogens with one attached hydrogen (secondary N) is 2. The molecule has 0 spiro atoms. The van der Waals surface area contributed by atoms with Crippen molar-refractivity contribution in [2.45, 2.75) is 45.1 Å². The number of nitrogens with two attached hydrogens (primary N) is 1. The third-order valence-electron chi connectivity index (χ3n) is 3.37. The SMILES string of the molecule is CCc1cccc(NC(=NC2CCCC2)NN)c1. The van der Waals surface area contributed by atoms with Crippen LogP contribution in [-0.2, 0) is 6.42 Å². The van der Waals surface area contributed by atoms with Gasteiger partial charge in [0.05, 0.1) is 6.04 Å². The number of hydrazine groups is 1. The monoisotopic (exact) mass is 246 g/mol. The molecule has 0 bridgehead atoms. The highest BCUT2D eigenvalue weighted by Crippen LogP contribution is 2.21. The van der Waals surface area contributed by atoms with E-state index in [9.17, 15) is 0 Å². The minimum Gasteiger partial charge on any atom is -0.325 e. The molecule has 1 aromatic carbocycles. The first kappa shape index (κ1) is 12.9. The van der Waals surface area contributed by atoms with Crippen molar-refractivity contribution in [3.05, 3.63) is 29.8 Å². The lowest BCUT2D eigenvalue weighted by molar-refractivity contribution is 0.700. The molecule has 1 saturated carbocycles. The molecule has 1 aromatic rings. The lowest BCUT2D eigenvalue weighted by Gasteiger charge is -2.12. The first-order valence-corrected chi connectivity index (χ1v) is 6.72. The van der Waals surface area contributed by atoms with Crippen LogP contribution in [-0.4, -0.2) is 12.0 Å². The fourth-order valence-electron chi connectivity index (χ4n) is 2.33. The Hall–Kier alpha value is -1.55. The third kappa shape index (κ3) is 3.47. The molecule has 4 N–H and O–H groups in total. The summed E-state index contributed by atoms with van der Waals surface area (Å²) in [6, 6.07) is 8.74. The highest BCUT2D eigenvalue weighted by molar-refractivity contribution is 5.93. The maximum atomic E-state index is 5.53. The lowest BCUT2D eigenvalue weighted by Crippen LogP contribution is -2.37. The van der Waals surface area contributed by atoms with Gasteiger partial charge in [0.2, 0.25) is 5.96 Å². The normalized spacial score (nSPS) is 16.9. The Morgan fingerprint density at radius 1 is 1.39 bits per heavy atom. The molecule has 2 rings (SSSR count). The first-order valence-electron chi connectivity index (χ1n) is 6.72. The number of hydrogen-bond donors (Lipinski definition) is 3. The molecule has 0 radical (unpaired) electrons. The van der Waals surface area contributed by atoms with Crippen LogP contribution in [0.5, 0.6) is 0 Å². The Morgan fingerprint density at radius 3 is 2.83 bits per heavy atom. The first-order chi connectivity index (χ1) is 8.81. The summed E-state index contributed by atoms with van der Waals surface area (Å²) in [7, 11) is 0. The minimum absolute atomic E-state index is 0.415. The fourth-order valence-corrected chi connectivity index (χ4v) is 2.33. The summed E-state index contributed by atoms with van der Waals surface area (Å²) in [4.78, 5) is 4.61. The van der Waals surface area contributed by atoms with Gasteiger partial charge in [-0.15, -0.1) is 0 Å². The lowest BCUT2D eigenvalue weighted by atomic mass is 10.1. The Bertz CT molecular complexity index is 408. The Labute approximate surface area is 109 Å². The van der Waals surface area contributed by atoms with Crippen molar-refractivity contribution in [3.63, 3.8) is 0 Å². The molecule has 0 saturated heterocycles. The van der Waals surface area contributed by atoms with Crippen molar-refractivity contribution in [2.24, 2.45) is 10.8 Å². The van der Waals surface area contributed by atoms with E-state index in [1.165, 1.54) is 31.2 Å². The molecular formula is C14H22N4. The van der Waals surface area contributed by atoms with Crippen LogP contribution < -0.4 is 16.6 Å². The zero-order valence-corrected chi connectivity index (χ0v) is 10.9. The van der Waals surface area contributed by atoms with Crippen molar-refractivity contribution >= 4 is 11.6 Å². The summed E-state index contributed by atoms with van der Waals surface area (Å²) in [5.41, 5.74) is 4.99. The predicted molar refractivity (Wildman–Crippen MR) is 76.5 cm³/mol. The average molecular weight is 246 g/mol. The highest BCUT2D eigenvalue weighted by atomic mass is 15.3. The van der Waals surface area contributed by atoms with E-state index in [1.807, 2.05) is 12.1 Å². The molecule has 4 heteroatoms. The zero-order valence-electron chi connectivity index (χ0n) is 10.9. The topological polar surface area (TPSA) is 62.4 Å². The third-order valence-corrected chi connectivity index (χ3v) is 3.37. The summed E-state index contributed by atoms with van der Waals surface area (Å²) in [6.45, 7) is 2.15. The molecule has 1 aliphatic carbocycles. The van der Waals surface area contributed by atoms with Crippen LogP contribution in [0.2, 0.25) is 0 Å². The summed E-state index contributed by atoms with van der Waals surface area (Å²) >= 11 is 0. The number of guanidine groups is 1. The molecule has 0 atom stereocenters. The van der Waals surface area contributed by atoms with Gasteiger partial charge in [-0.1, -0.05) is 31.9 Å². The summed E-state index contributed by atoms with van der Waals surface area (Å²) in [5.74, 6) is 6.19. The minimum atomic E-state index is 0.415.